The molecule has 0 spiro atoms. The summed E-state index contributed by atoms with van der Waals surface area (Å²) in [5, 5.41) is 8.61. The molecule has 0 bridgehead atoms. The molecule has 1 aliphatic rings. The first-order chi connectivity index (χ1) is 9.30. The second-order valence-corrected chi connectivity index (χ2v) is 6.19. The highest BCUT2D eigenvalue weighted by atomic mass is 16.4. The van der Waals surface area contributed by atoms with Crippen LogP contribution >= 0.6 is 0 Å². The average Bonchev–Trinajstić information content (AvgIpc) is 2.38. The molecule has 0 aromatic rings. The summed E-state index contributed by atoms with van der Waals surface area (Å²) in [5.74, 6) is 0.0467. The summed E-state index contributed by atoms with van der Waals surface area (Å²) in [4.78, 5) is 10.5. The van der Waals surface area contributed by atoms with Crippen LogP contribution in [0.15, 0.2) is 48.6 Å². The molecule has 1 saturated carbocycles. The van der Waals surface area contributed by atoms with E-state index in [4.69, 9.17) is 5.11 Å². The molecule has 0 aromatic carbocycles. The Balaban J connectivity index is 2.84. The lowest BCUT2D eigenvalue weighted by Gasteiger charge is -2.43. The van der Waals surface area contributed by atoms with Crippen molar-refractivity contribution >= 4 is 5.97 Å². The molecule has 1 rings (SSSR count). The highest BCUT2D eigenvalue weighted by Gasteiger charge is 2.38. The number of aliphatic carboxylic acids is 1. The molecule has 0 radical (unpaired) electrons. The number of rotatable bonds is 5. The van der Waals surface area contributed by atoms with Crippen molar-refractivity contribution < 1.29 is 9.90 Å². The van der Waals surface area contributed by atoms with Crippen LogP contribution in [0.2, 0.25) is 0 Å². The summed E-state index contributed by atoms with van der Waals surface area (Å²) in [6, 6.07) is 0. The van der Waals surface area contributed by atoms with Gasteiger partial charge in [0, 0.05) is 6.08 Å². The molecule has 2 heteroatoms. The molecule has 20 heavy (non-hydrogen) atoms. The van der Waals surface area contributed by atoms with Crippen LogP contribution in [0.3, 0.4) is 0 Å². The second-order valence-electron chi connectivity index (χ2n) is 6.19. The van der Waals surface area contributed by atoms with Gasteiger partial charge in [-0.3, -0.25) is 0 Å². The standard InChI is InChI=1S/C18H26O2/c1-6-18(5)11-10-15(12-16(18)13(2)3)14(4)8-7-9-17(19)20/h6-9,15-16H,1-2,10-12H2,3-5H3,(H,19,20)/t15-,16+,18-/m0/s1. The van der Waals surface area contributed by atoms with Gasteiger partial charge in [-0.2, -0.15) is 0 Å². The van der Waals surface area contributed by atoms with E-state index in [1.54, 1.807) is 6.08 Å². The highest BCUT2D eigenvalue weighted by Crippen LogP contribution is 2.48. The molecule has 0 heterocycles. The summed E-state index contributed by atoms with van der Waals surface area (Å²) < 4.78 is 0. The fourth-order valence-corrected chi connectivity index (χ4v) is 3.17. The van der Waals surface area contributed by atoms with Crippen molar-refractivity contribution in [2.45, 2.75) is 40.0 Å². The maximum absolute atomic E-state index is 10.5. The summed E-state index contributed by atoms with van der Waals surface area (Å²) >= 11 is 0. The van der Waals surface area contributed by atoms with Crippen molar-refractivity contribution in [3.8, 4) is 0 Å². The maximum atomic E-state index is 10.5. The van der Waals surface area contributed by atoms with Crippen molar-refractivity contribution in [1.29, 1.82) is 0 Å². The van der Waals surface area contributed by atoms with E-state index >= 15 is 0 Å². The van der Waals surface area contributed by atoms with Gasteiger partial charge in [-0.25, -0.2) is 4.79 Å². The van der Waals surface area contributed by atoms with Crippen LogP contribution in [-0.4, -0.2) is 11.1 Å². The van der Waals surface area contributed by atoms with Gasteiger partial charge in [-0.15, -0.1) is 6.58 Å². The van der Waals surface area contributed by atoms with Crippen molar-refractivity contribution in [3.63, 3.8) is 0 Å². The zero-order chi connectivity index (χ0) is 15.3. The minimum Gasteiger partial charge on any atom is -0.478 e. The van der Waals surface area contributed by atoms with Crippen LogP contribution in [0.5, 0.6) is 0 Å². The minimum atomic E-state index is -0.906. The average molecular weight is 274 g/mol. The topological polar surface area (TPSA) is 37.3 Å². The molecule has 0 unspecified atom stereocenters. The quantitative estimate of drug-likeness (QED) is 0.446. The number of hydrogen-bond acceptors (Lipinski definition) is 1. The van der Waals surface area contributed by atoms with E-state index in [1.165, 1.54) is 17.2 Å². The largest absolute Gasteiger partial charge is 0.478 e. The molecule has 0 aliphatic heterocycles. The molecule has 3 atom stereocenters. The van der Waals surface area contributed by atoms with Crippen molar-refractivity contribution in [1.82, 2.24) is 0 Å². The summed E-state index contributed by atoms with van der Waals surface area (Å²) in [5.41, 5.74) is 2.60. The summed E-state index contributed by atoms with van der Waals surface area (Å²) in [7, 11) is 0. The molecule has 0 saturated heterocycles. The summed E-state index contributed by atoms with van der Waals surface area (Å²) in [6.45, 7) is 14.6. The van der Waals surface area contributed by atoms with Crippen LogP contribution in [0.4, 0.5) is 0 Å². The third-order valence-corrected chi connectivity index (χ3v) is 4.65. The molecule has 1 N–H and O–H groups in total. The van der Waals surface area contributed by atoms with Crippen LogP contribution < -0.4 is 0 Å². The first kappa shape index (κ1) is 16.5. The molecular formula is C18H26O2. The van der Waals surface area contributed by atoms with E-state index in [9.17, 15) is 4.79 Å². The lowest BCUT2D eigenvalue weighted by atomic mass is 9.61. The van der Waals surface area contributed by atoms with Crippen molar-refractivity contribution in [2.24, 2.45) is 17.3 Å². The van der Waals surface area contributed by atoms with Gasteiger partial charge in [0.25, 0.3) is 0 Å². The number of carbonyl (C=O) groups is 1. The molecule has 2 nitrogen and oxygen atoms in total. The van der Waals surface area contributed by atoms with Gasteiger partial charge in [0.1, 0.15) is 0 Å². The Kier molecular flexibility index (Phi) is 5.55. The van der Waals surface area contributed by atoms with E-state index in [1.807, 2.05) is 6.08 Å². The van der Waals surface area contributed by atoms with Gasteiger partial charge in [-0.05, 0) is 50.4 Å². The number of carboxylic acid groups (broad SMARTS) is 1. The Hall–Kier alpha value is -1.57. The number of hydrogen-bond donors (Lipinski definition) is 1. The SMILES string of the molecule is C=C[C@@]1(C)CC[C@H](C(C)=CC=CC(=O)O)C[C@@H]1C(=C)C. The Morgan fingerprint density at radius 1 is 1.40 bits per heavy atom. The first-order valence-corrected chi connectivity index (χ1v) is 7.17. The number of allylic oxidation sites excluding steroid dienone is 5. The summed E-state index contributed by atoms with van der Waals surface area (Å²) in [6.07, 6.45) is 10.1. The van der Waals surface area contributed by atoms with Gasteiger partial charge in [0.15, 0.2) is 0 Å². The van der Waals surface area contributed by atoms with Gasteiger partial charge in [0.05, 0.1) is 0 Å². The minimum absolute atomic E-state index is 0.138. The first-order valence-electron chi connectivity index (χ1n) is 7.17. The fourth-order valence-electron chi connectivity index (χ4n) is 3.17. The smallest absolute Gasteiger partial charge is 0.328 e. The molecule has 0 amide bonds. The van der Waals surface area contributed by atoms with Gasteiger partial charge in [0.2, 0.25) is 0 Å². The Morgan fingerprint density at radius 3 is 2.55 bits per heavy atom. The zero-order valence-electron chi connectivity index (χ0n) is 12.9. The monoisotopic (exact) mass is 274 g/mol. The molecule has 1 fully saturated rings. The predicted molar refractivity (Wildman–Crippen MR) is 84.5 cm³/mol. The molecule has 1 aliphatic carbocycles. The Labute approximate surface area is 122 Å². The Morgan fingerprint density at radius 2 is 2.05 bits per heavy atom. The highest BCUT2D eigenvalue weighted by molar-refractivity contribution is 5.80. The number of carboxylic acids is 1. The third kappa shape index (κ3) is 3.96. The van der Waals surface area contributed by atoms with Gasteiger partial charge < -0.3 is 5.11 Å². The van der Waals surface area contributed by atoms with Crippen LogP contribution in [0.1, 0.15) is 40.0 Å². The predicted octanol–water partition coefficient (Wildman–Crippen LogP) is 4.76. The van der Waals surface area contributed by atoms with Crippen molar-refractivity contribution in [3.05, 3.63) is 48.6 Å². The van der Waals surface area contributed by atoms with Crippen LogP contribution in [0.25, 0.3) is 0 Å². The molecular weight excluding hydrogens is 248 g/mol. The molecule has 110 valence electrons. The van der Waals surface area contributed by atoms with E-state index in [0.717, 1.165) is 19.3 Å². The van der Waals surface area contributed by atoms with E-state index < -0.39 is 5.97 Å². The van der Waals surface area contributed by atoms with E-state index in [-0.39, 0.29) is 5.41 Å². The Bertz CT molecular complexity index is 456. The molecule has 0 aromatic heterocycles. The van der Waals surface area contributed by atoms with Crippen LogP contribution in [-0.2, 0) is 4.79 Å². The zero-order valence-corrected chi connectivity index (χ0v) is 12.9. The second kappa shape index (κ2) is 6.74. The van der Waals surface area contributed by atoms with Gasteiger partial charge in [-0.1, -0.05) is 42.9 Å². The lowest BCUT2D eigenvalue weighted by Crippen LogP contribution is -2.33. The maximum Gasteiger partial charge on any atom is 0.328 e. The van der Waals surface area contributed by atoms with Crippen LogP contribution in [0, 0.1) is 17.3 Å². The van der Waals surface area contributed by atoms with E-state index in [2.05, 4.69) is 40.0 Å². The van der Waals surface area contributed by atoms with Gasteiger partial charge >= 0.3 is 5.97 Å². The third-order valence-electron chi connectivity index (χ3n) is 4.65. The lowest BCUT2D eigenvalue weighted by molar-refractivity contribution is -0.131. The van der Waals surface area contributed by atoms with Crippen molar-refractivity contribution in [2.75, 3.05) is 0 Å². The normalized spacial score (nSPS) is 31.2. The fraction of sp³-hybridized carbons (Fsp3) is 0.500. The van der Waals surface area contributed by atoms with E-state index in [0.29, 0.717) is 11.8 Å².